The molecule has 0 aliphatic heterocycles. The molecule has 0 unspecified atom stereocenters. The molecule has 1 heterocycles. The minimum atomic E-state index is 0.480. The lowest BCUT2D eigenvalue weighted by Gasteiger charge is -2.22. The topological polar surface area (TPSA) is 4.93 Å². The van der Waals surface area contributed by atoms with E-state index in [9.17, 15) is 0 Å². The molecule has 0 spiro atoms. The van der Waals surface area contributed by atoms with Crippen LogP contribution in [-0.4, -0.2) is 4.57 Å². The van der Waals surface area contributed by atoms with Crippen LogP contribution in [0.25, 0.3) is 27.5 Å². The molecule has 4 rings (SSSR count). The van der Waals surface area contributed by atoms with Crippen LogP contribution in [0.4, 0.5) is 0 Å². The summed E-state index contributed by atoms with van der Waals surface area (Å²) in [5.41, 5.74) is 6.78. The Hall–Kier alpha value is -2.54. The predicted octanol–water partition coefficient (Wildman–Crippen LogP) is 7.03. The van der Waals surface area contributed by atoms with Gasteiger partial charge in [-0.2, -0.15) is 0 Å². The Balaban J connectivity index is 2.22. The highest BCUT2D eigenvalue weighted by Crippen LogP contribution is 2.38. The number of nitrogens with zero attached hydrogens (tertiary/aromatic N) is 1. The minimum absolute atomic E-state index is 0.480. The van der Waals surface area contributed by atoms with E-state index < -0.39 is 0 Å². The molecule has 0 saturated carbocycles. The molecule has 0 saturated heterocycles. The fourth-order valence-corrected chi connectivity index (χ4v) is 3.93. The van der Waals surface area contributed by atoms with Gasteiger partial charge in [-0.1, -0.05) is 82.3 Å². The third kappa shape index (κ3) is 2.46. The fraction of sp³-hybridized carbons (Fsp3) is 0.250. The number of hydrogen-bond acceptors (Lipinski definition) is 0. The normalized spacial score (nSPS) is 11.9. The van der Waals surface area contributed by atoms with Crippen molar-refractivity contribution in [2.45, 2.75) is 39.5 Å². The summed E-state index contributed by atoms with van der Waals surface area (Å²) in [7, 11) is 0. The Morgan fingerprint density at radius 3 is 1.44 bits per heavy atom. The zero-order chi connectivity index (χ0) is 17.6. The average Bonchev–Trinajstić information content (AvgIpc) is 2.95. The minimum Gasteiger partial charge on any atom is -0.309 e. The first-order valence-corrected chi connectivity index (χ1v) is 9.21. The second-order valence-electron chi connectivity index (χ2n) is 7.46. The molecule has 0 fully saturated rings. The van der Waals surface area contributed by atoms with Crippen LogP contribution in [0, 0.1) is 0 Å². The lowest BCUT2D eigenvalue weighted by atomic mass is 9.92. The highest BCUT2D eigenvalue weighted by atomic mass is 15.0. The van der Waals surface area contributed by atoms with Crippen molar-refractivity contribution in [3.8, 4) is 5.69 Å². The van der Waals surface area contributed by atoms with Crippen molar-refractivity contribution in [2.75, 3.05) is 0 Å². The van der Waals surface area contributed by atoms with Crippen LogP contribution in [0.1, 0.15) is 50.7 Å². The maximum absolute atomic E-state index is 2.48. The number of aromatic nitrogens is 1. The molecular formula is C24H25N. The van der Waals surface area contributed by atoms with Crippen LogP contribution in [0.2, 0.25) is 0 Å². The molecule has 1 nitrogen and oxygen atoms in total. The van der Waals surface area contributed by atoms with Gasteiger partial charge in [0.1, 0.15) is 0 Å². The smallest absolute Gasteiger partial charge is 0.0541 e. The fourth-order valence-electron chi connectivity index (χ4n) is 3.93. The van der Waals surface area contributed by atoms with Gasteiger partial charge >= 0.3 is 0 Å². The standard InChI is InChI=1S/C24H25N/c1-16(2)18-12-9-13-19(17(3)4)24(18)25-22-14-7-5-10-20(22)21-11-6-8-15-23(21)25/h5-17H,1-4H3. The summed E-state index contributed by atoms with van der Waals surface area (Å²) in [5, 5.41) is 2.65. The van der Waals surface area contributed by atoms with Crippen LogP contribution in [-0.2, 0) is 0 Å². The Morgan fingerprint density at radius 1 is 0.560 bits per heavy atom. The predicted molar refractivity (Wildman–Crippen MR) is 109 cm³/mol. The lowest BCUT2D eigenvalue weighted by molar-refractivity contribution is 0.815. The van der Waals surface area contributed by atoms with Crippen LogP contribution in [0.15, 0.2) is 66.7 Å². The third-order valence-corrected chi connectivity index (χ3v) is 5.15. The first-order chi connectivity index (χ1) is 12.1. The van der Waals surface area contributed by atoms with Gasteiger partial charge in [0, 0.05) is 10.8 Å². The Kier molecular flexibility index (Phi) is 3.88. The number of fused-ring (bicyclic) bond motifs is 3. The molecule has 0 aliphatic rings. The molecule has 126 valence electrons. The monoisotopic (exact) mass is 327 g/mol. The van der Waals surface area contributed by atoms with E-state index in [0.717, 1.165) is 0 Å². The van der Waals surface area contributed by atoms with E-state index in [4.69, 9.17) is 0 Å². The summed E-state index contributed by atoms with van der Waals surface area (Å²) in [4.78, 5) is 0. The molecule has 1 heteroatoms. The maximum Gasteiger partial charge on any atom is 0.0541 e. The largest absolute Gasteiger partial charge is 0.309 e. The quantitative estimate of drug-likeness (QED) is 0.380. The highest BCUT2D eigenvalue weighted by Gasteiger charge is 2.19. The second-order valence-corrected chi connectivity index (χ2v) is 7.46. The van der Waals surface area contributed by atoms with Crippen LogP contribution in [0.3, 0.4) is 0 Å². The van der Waals surface area contributed by atoms with Gasteiger partial charge in [-0.15, -0.1) is 0 Å². The van der Waals surface area contributed by atoms with E-state index in [1.807, 2.05) is 0 Å². The van der Waals surface area contributed by atoms with Crippen molar-refractivity contribution in [1.29, 1.82) is 0 Å². The van der Waals surface area contributed by atoms with Crippen LogP contribution in [0.5, 0.6) is 0 Å². The zero-order valence-corrected chi connectivity index (χ0v) is 15.5. The first kappa shape index (κ1) is 16.0. The molecular weight excluding hydrogens is 302 g/mol. The molecule has 3 aromatic carbocycles. The van der Waals surface area contributed by atoms with Gasteiger partial charge in [-0.05, 0) is 35.1 Å². The summed E-state index contributed by atoms with van der Waals surface area (Å²) in [6.45, 7) is 9.15. The third-order valence-electron chi connectivity index (χ3n) is 5.15. The van der Waals surface area contributed by atoms with E-state index in [1.54, 1.807) is 0 Å². The molecule has 0 aliphatic carbocycles. The number of para-hydroxylation sites is 3. The van der Waals surface area contributed by atoms with Crippen LogP contribution < -0.4 is 0 Å². The van der Waals surface area contributed by atoms with Crippen molar-refractivity contribution in [1.82, 2.24) is 4.57 Å². The highest BCUT2D eigenvalue weighted by molar-refractivity contribution is 6.09. The van der Waals surface area contributed by atoms with Gasteiger partial charge < -0.3 is 4.57 Å². The molecule has 4 aromatic rings. The molecule has 0 atom stereocenters. The van der Waals surface area contributed by atoms with E-state index in [1.165, 1.54) is 38.6 Å². The van der Waals surface area contributed by atoms with Gasteiger partial charge in [0.15, 0.2) is 0 Å². The SMILES string of the molecule is CC(C)c1cccc(C(C)C)c1-n1c2ccccc2c2ccccc21. The second kappa shape index (κ2) is 6.07. The molecule has 0 radical (unpaired) electrons. The summed E-state index contributed by atoms with van der Waals surface area (Å²) < 4.78 is 2.48. The lowest BCUT2D eigenvalue weighted by Crippen LogP contribution is -2.06. The van der Waals surface area contributed by atoms with Gasteiger partial charge in [-0.3, -0.25) is 0 Å². The van der Waals surface area contributed by atoms with Crippen molar-refractivity contribution in [3.63, 3.8) is 0 Å². The Bertz CT molecular complexity index is 971. The van der Waals surface area contributed by atoms with Crippen LogP contribution >= 0.6 is 0 Å². The average molecular weight is 327 g/mol. The van der Waals surface area contributed by atoms with Crippen molar-refractivity contribution < 1.29 is 0 Å². The Morgan fingerprint density at radius 2 is 1.00 bits per heavy atom. The zero-order valence-electron chi connectivity index (χ0n) is 15.5. The molecule has 1 aromatic heterocycles. The summed E-state index contributed by atoms with van der Waals surface area (Å²) in [6.07, 6.45) is 0. The first-order valence-electron chi connectivity index (χ1n) is 9.21. The number of benzene rings is 3. The molecule has 0 bridgehead atoms. The van der Waals surface area contributed by atoms with Gasteiger partial charge in [0.2, 0.25) is 0 Å². The molecule has 0 amide bonds. The van der Waals surface area contributed by atoms with Crippen molar-refractivity contribution in [2.24, 2.45) is 0 Å². The van der Waals surface area contributed by atoms with Gasteiger partial charge in [0.25, 0.3) is 0 Å². The summed E-state index contributed by atoms with van der Waals surface area (Å²) in [5.74, 6) is 0.960. The van der Waals surface area contributed by atoms with E-state index in [-0.39, 0.29) is 0 Å². The van der Waals surface area contributed by atoms with E-state index >= 15 is 0 Å². The van der Waals surface area contributed by atoms with Gasteiger partial charge in [-0.25, -0.2) is 0 Å². The van der Waals surface area contributed by atoms with Crippen molar-refractivity contribution >= 4 is 21.8 Å². The maximum atomic E-state index is 2.48. The van der Waals surface area contributed by atoms with E-state index in [0.29, 0.717) is 11.8 Å². The molecule has 25 heavy (non-hydrogen) atoms. The summed E-state index contributed by atoms with van der Waals surface area (Å²) >= 11 is 0. The summed E-state index contributed by atoms with van der Waals surface area (Å²) in [6, 6.07) is 24.3. The number of rotatable bonds is 3. The Labute approximate surface area is 149 Å². The van der Waals surface area contributed by atoms with Gasteiger partial charge in [0.05, 0.1) is 16.7 Å². The molecule has 0 N–H and O–H groups in total. The number of hydrogen-bond donors (Lipinski definition) is 0. The van der Waals surface area contributed by atoms with Crippen molar-refractivity contribution in [3.05, 3.63) is 77.9 Å². The van der Waals surface area contributed by atoms with E-state index in [2.05, 4.69) is 99.0 Å².